The van der Waals surface area contributed by atoms with Crippen molar-refractivity contribution >= 4 is 57.5 Å². The third kappa shape index (κ3) is 4.16. The lowest BCUT2D eigenvalue weighted by Gasteiger charge is -2.07. The number of thioether (sulfide) groups is 1. The number of hydrogen-bond acceptors (Lipinski definition) is 3. The molecule has 1 amide bonds. The number of amides is 1. The lowest BCUT2D eigenvalue weighted by atomic mass is 10.2. The predicted octanol–water partition coefficient (Wildman–Crippen LogP) is 5.27. The molecule has 0 saturated carbocycles. The predicted molar refractivity (Wildman–Crippen MR) is 97.6 cm³/mol. The number of anilines is 1. The Morgan fingerprint density at radius 2 is 1.91 bits per heavy atom. The quantitative estimate of drug-likeness (QED) is 0.642. The number of halogens is 2. The third-order valence-electron chi connectivity index (χ3n) is 3.13. The molecule has 116 valence electrons. The number of rotatable bonds is 4. The molecule has 0 aliphatic rings. The van der Waals surface area contributed by atoms with Gasteiger partial charge in [0.05, 0.1) is 27.0 Å². The molecule has 3 aromatic rings. The zero-order valence-electron chi connectivity index (χ0n) is 11.9. The minimum absolute atomic E-state index is 0.144. The highest BCUT2D eigenvalue weighted by atomic mass is 35.5. The van der Waals surface area contributed by atoms with Crippen LogP contribution in [0, 0.1) is 0 Å². The molecular formula is C17H12Cl2N2OS. The second kappa shape index (κ2) is 7.21. The average molecular weight is 363 g/mol. The van der Waals surface area contributed by atoms with Crippen LogP contribution in [0.15, 0.2) is 59.6 Å². The molecule has 0 atom stereocenters. The third-order valence-corrected chi connectivity index (χ3v) is 4.61. The molecule has 3 nitrogen and oxygen atoms in total. The Morgan fingerprint density at radius 3 is 2.74 bits per heavy atom. The second-order valence-electron chi connectivity index (χ2n) is 4.80. The first-order valence-electron chi connectivity index (χ1n) is 6.85. The Balaban J connectivity index is 1.63. The van der Waals surface area contributed by atoms with Crippen molar-refractivity contribution in [2.75, 3.05) is 11.1 Å². The van der Waals surface area contributed by atoms with Crippen LogP contribution in [0.2, 0.25) is 10.0 Å². The Hall–Kier alpha value is -1.75. The van der Waals surface area contributed by atoms with E-state index in [-0.39, 0.29) is 11.7 Å². The molecule has 0 unspecified atom stereocenters. The molecule has 2 aromatic carbocycles. The molecule has 1 aromatic heterocycles. The van der Waals surface area contributed by atoms with E-state index in [1.165, 1.54) is 11.8 Å². The molecule has 6 heteroatoms. The van der Waals surface area contributed by atoms with Crippen molar-refractivity contribution in [3.8, 4) is 0 Å². The van der Waals surface area contributed by atoms with E-state index in [1.807, 2.05) is 36.4 Å². The van der Waals surface area contributed by atoms with Gasteiger partial charge in [-0.25, -0.2) is 4.98 Å². The van der Waals surface area contributed by atoms with E-state index >= 15 is 0 Å². The van der Waals surface area contributed by atoms with Crippen LogP contribution in [0.4, 0.5) is 5.69 Å². The van der Waals surface area contributed by atoms with Crippen molar-refractivity contribution < 1.29 is 4.79 Å². The van der Waals surface area contributed by atoms with Crippen molar-refractivity contribution in [3.05, 3.63) is 64.6 Å². The summed E-state index contributed by atoms with van der Waals surface area (Å²) in [6, 6.07) is 16.7. The molecule has 1 heterocycles. The smallest absolute Gasteiger partial charge is 0.234 e. The van der Waals surface area contributed by atoms with Crippen LogP contribution in [0.25, 0.3) is 10.9 Å². The first-order valence-corrected chi connectivity index (χ1v) is 8.59. The summed E-state index contributed by atoms with van der Waals surface area (Å²) in [5.74, 6) is 0.110. The minimum Gasteiger partial charge on any atom is -0.324 e. The van der Waals surface area contributed by atoms with Crippen LogP contribution in [0.5, 0.6) is 0 Å². The Morgan fingerprint density at radius 1 is 1.09 bits per heavy atom. The fraction of sp³-hybridized carbons (Fsp3) is 0.0588. The molecule has 0 saturated heterocycles. The molecule has 0 spiro atoms. The largest absolute Gasteiger partial charge is 0.324 e. The first kappa shape index (κ1) is 16.1. The molecule has 1 N–H and O–H groups in total. The van der Waals surface area contributed by atoms with Crippen LogP contribution in [0.1, 0.15) is 0 Å². The zero-order valence-corrected chi connectivity index (χ0v) is 14.3. The number of pyridine rings is 1. The van der Waals surface area contributed by atoms with Crippen LogP contribution < -0.4 is 5.32 Å². The van der Waals surface area contributed by atoms with Gasteiger partial charge >= 0.3 is 0 Å². The van der Waals surface area contributed by atoms with E-state index in [9.17, 15) is 4.79 Å². The lowest BCUT2D eigenvalue weighted by molar-refractivity contribution is -0.113. The van der Waals surface area contributed by atoms with Crippen molar-refractivity contribution in [1.82, 2.24) is 4.98 Å². The Kier molecular flexibility index (Phi) is 5.06. The molecule has 0 bridgehead atoms. The number of benzene rings is 2. The number of nitrogens with one attached hydrogen (secondary N) is 1. The van der Waals surface area contributed by atoms with Gasteiger partial charge in [0.2, 0.25) is 5.91 Å². The number of aromatic nitrogens is 1. The van der Waals surface area contributed by atoms with Crippen LogP contribution >= 0.6 is 35.0 Å². The van der Waals surface area contributed by atoms with Crippen LogP contribution in [0.3, 0.4) is 0 Å². The SMILES string of the molecule is O=C(CSc1ccc2ccccc2n1)Nc1ccc(Cl)cc1Cl. The van der Waals surface area contributed by atoms with Crippen LogP contribution in [-0.4, -0.2) is 16.6 Å². The highest BCUT2D eigenvalue weighted by Gasteiger charge is 2.08. The summed E-state index contributed by atoms with van der Waals surface area (Å²) in [7, 11) is 0. The van der Waals surface area contributed by atoms with Gasteiger partial charge in [-0.05, 0) is 30.3 Å². The van der Waals surface area contributed by atoms with E-state index in [4.69, 9.17) is 23.2 Å². The number of carbonyl (C=O) groups excluding carboxylic acids is 1. The average Bonchev–Trinajstić information content (AvgIpc) is 2.55. The molecule has 0 aliphatic carbocycles. The monoisotopic (exact) mass is 362 g/mol. The normalized spacial score (nSPS) is 10.7. The molecule has 23 heavy (non-hydrogen) atoms. The van der Waals surface area contributed by atoms with Gasteiger partial charge in [-0.3, -0.25) is 4.79 Å². The summed E-state index contributed by atoms with van der Waals surface area (Å²) < 4.78 is 0. The number of carbonyl (C=O) groups is 1. The van der Waals surface area contributed by atoms with Crippen molar-refractivity contribution in [1.29, 1.82) is 0 Å². The maximum Gasteiger partial charge on any atom is 0.234 e. The Labute approximate surface area is 148 Å². The fourth-order valence-corrected chi connectivity index (χ4v) is 3.18. The van der Waals surface area contributed by atoms with Gasteiger partial charge in [0, 0.05) is 10.4 Å². The van der Waals surface area contributed by atoms with Gasteiger partial charge in [-0.2, -0.15) is 0 Å². The standard InChI is InChI=1S/C17H12Cl2N2OS/c18-12-6-7-15(13(19)9-12)20-16(22)10-23-17-8-5-11-3-1-2-4-14(11)21-17/h1-9H,10H2,(H,20,22). The number of nitrogens with zero attached hydrogens (tertiary/aromatic N) is 1. The summed E-state index contributed by atoms with van der Waals surface area (Å²) in [4.78, 5) is 16.6. The maximum atomic E-state index is 12.0. The van der Waals surface area contributed by atoms with Crippen molar-refractivity contribution in [3.63, 3.8) is 0 Å². The van der Waals surface area contributed by atoms with Gasteiger partial charge in [0.15, 0.2) is 0 Å². The van der Waals surface area contributed by atoms with Gasteiger partial charge in [-0.1, -0.05) is 59.2 Å². The van der Waals surface area contributed by atoms with Crippen molar-refractivity contribution in [2.24, 2.45) is 0 Å². The summed E-state index contributed by atoms with van der Waals surface area (Å²) in [5.41, 5.74) is 1.46. The minimum atomic E-state index is -0.144. The van der Waals surface area contributed by atoms with Gasteiger partial charge in [0.25, 0.3) is 0 Å². The zero-order chi connectivity index (χ0) is 16.2. The van der Waals surface area contributed by atoms with E-state index < -0.39 is 0 Å². The highest BCUT2D eigenvalue weighted by Crippen LogP contribution is 2.26. The maximum absolute atomic E-state index is 12.0. The summed E-state index contributed by atoms with van der Waals surface area (Å²) in [6.07, 6.45) is 0. The van der Waals surface area contributed by atoms with E-state index in [2.05, 4.69) is 10.3 Å². The summed E-state index contributed by atoms with van der Waals surface area (Å²) >= 11 is 13.2. The van der Waals surface area contributed by atoms with Crippen LogP contribution in [-0.2, 0) is 4.79 Å². The summed E-state index contributed by atoms with van der Waals surface area (Å²) in [5, 5.41) is 5.60. The molecule has 0 aliphatic heterocycles. The summed E-state index contributed by atoms with van der Waals surface area (Å²) in [6.45, 7) is 0. The molecular weight excluding hydrogens is 351 g/mol. The first-order chi connectivity index (χ1) is 11.1. The molecule has 0 radical (unpaired) electrons. The Bertz CT molecular complexity index is 870. The van der Waals surface area contributed by atoms with Crippen molar-refractivity contribution in [2.45, 2.75) is 5.03 Å². The molecule has 3 rings (SSSR count). The second-order valence-corrected chi connectivity index (χ2v) is 6.64. The van der Waals surface area contributed by atoms with Gasteiger partial charge in [-0.15, -0.1) is 0 Å². The highest BCUT2D eigenvalue weighted by molar-refractivity contribution is 7.99. The number of hydrogen-bond donors (Lipinski definition) is 1. The van der Waals surface area contributed by atoms with E-state index in [1.54, 1.807) is 18.2 Å². The number of fused-ring (bicyclic) bond motifs is 1. The lowest BCUT2D eigenvalue weighted by Crippen LogP contribution is -2.14. The fourth-order valence-electron chi connectivity index (χ4n) is 2.04. The topological polar surface area (TPSA) is 42.0 Å². The van der Waals surface area contributed by atoms with E-state index in [0.29, 0.717) is 15.7 Å². The van der Waals surface area contributed by atoms with E-state index in [0.717, 1.165) is 15.9 Å². The molecule has 0 fully saturated rings. The van der Waals surface area contributed by atoms with Gasteiger partial charge in [0.1, 0.15) is 0 Å². The number of para-hydroxylation sites is 1. The van der Waals surface area contributed by atoms with Gasteiger partial charge < -0.3 is 5.32 Å².